The fourth-order valence-electron chi connectivity index (χ4n) is 9.20. The maximum atomic E-state index is 6.38. The van der Waals surface area contributed by atoms with E-state index in [-0.39, 0.29) is 6.04 Å². The molecule has 2 atom stereocenters. The van der Waals surface area contributed by atoms with Gasteiger partial charge in [0, 0.05) is 53.3 Å². The van der Waals surface area contributed by atoms with Crippen LogP contribution in [0.3, 0.4) is 0 Å². The van der Waals surface area contributed by atoms with Crippen LogP contribution < -0.4 is 4.90 Å². The first-order valence-electron chi connectivity index (χ1n) is 19.3. The number of allylic oxidation sites excluding steroid dienone is 2. The number of fused-ring (bicyclic) bond motifs is 7. The first kappa shape index (κ1) is 32.7. The molecule has 1 aliphatic rings. The minimum atomic E-state index is -0.410. The summed E-state index contributed by atoms with van der Waals surface area (Å²) in [7, 11) is 0. The van der Waals surface area contributed by atoms with Gasteiger partial charge in [-0.2, -0.15) is 0 Å². The van der Waals surface area contributed by atoms with Crippen molar-refractivity contribution < 1.29 is 4.42 Å². The highest BCUT2D eigenvalue weighted by atomic mass is 32.1. The molecule has 2 heterocycles. The molecule has 2 aromatic heterocycles. The number of furan rings is 1. The lowest BCUT2D eigenvalue weighted by Gasteiger charge is -2.45. The minimum absolute atomic E-state index is 0.0860. The molecule has 0 bridgehead atoms. The molecule has 0 spiro atoms. The Morgan fingerprint density at radius 1 is 0.536 bits per heavy atom. The predicted octanol–water partition coefficient (Wildman–Crippen LogP) is 15.0. The Balaban J connectivity index is 1.20. The molecular weight excluding hydrogens is 699 g/mol. The standard InChI is InChI=1S/C53H37NOS/c1-53(44-25-15-29-49-52(44)42-22-7-10-28-48(42)56-49)33-12-11-30-50(53)54(37-31-32-47-43(34-37)40-21-6-9-27-46(40)55-47)45-26-8-5-20-39(45)41-24-14-19-36-18-13-23-38(51(36)41)35-16-3-2-4-17-35/h2-34,50H,1H3. The molecule has 11 rings (SSSR count). The second-order valence-corrected chi connectivity index (χ2v) is 16.1. The van der Waals surface area contributed by atoms with E-state index in [1.807, 2.05) is 17.4 Å². The van der Waals surface area contributed by atoms with Crippen LogP contribution in [0.5, 0.6) is 0 Å². The molecule has 266 valence electrons. The Morgan fingerprint density at radius 2 is 1.23 bits per heavy atom. The van der Waals surface area contributed by atoms with Gasteiger partial charge in [0.15, 0.2) is 0 Å². The Labute approximate surface area is 329 Å². The van der Waals surface area contributed by atoms with Crippen LogP contribution in [0.15, 0.2) is 205 Å². The monoisotopic (exact) mass is 735 g/mol. The highest BCUT2D eigenvalue weighted by Crippen LogP contribution is 2.50. The van der Waals surface area contributed by atoms with Crippen molar-refractivity contribution in [1.82, 2.24) is 0 Å². The molecule has 10 aromatic rings. The first-order valence-corrected chi connectivity index (χ1v) is 20.1. The van der Waals surface area contributed by atoms with Crippen molar-refractivity contribution in [3.05, 3.63) is 206 Å². The van der Waals surface area contributed by atoms with Gasteiger partial charge < -0.3 is 9.32 Å². The van der Waals surface area contributed by atoms with Gasteiger partial charge in [-0.25, -0.2) is 0 Å². The lowest BCUT2D eigenvalue weighted by molar-refractivity contribution is 0.515. The SMILES string of the molecule is CC1(c2cccc3sc4ccccc4c23)C=CC=CC1N(c1ccc2oc3ccccc3c2c1)c1ccccc1-c1cccc2cccc(-c3ccccc3)c12. The number of anilines is 2. The van der Waals surface area contributed by atoms with Crippen LogP contribution in [0, 0.1) is 0 Å². The van der Waals surface area contributed by atoms with Gasteiger partial charge in [-0.3, -0.25) is 0 Å². The Kier molecular flexibility index (Phi) is 7.58. The van der Waals surface area contributed by atoms with Crippen molar-refractivity contribution in [2.24, 2.45) is 0 Å². The van der Waals surface area contributed by atoms with Crippen molar-refractivity contribution in [3.63, 3.8) is 0 Å². The largest absolute Gasteiger partial charge is 0.456 e. The molecule has 0 saturated carbocycles. The molecule has 0 fully saturated rings. The van der Waals surface area contributed by atoms with Crippen LogP contribution >= 0.6 is 11.3 Å². The third-order valence-corrected chi connectivity index (χ3v) is 12.9. The summed E-state index contributed by atoms with van der Waals surface area (Å²) in [6, 6.07) is 63.9. The average molecular weight is 736 g/mol. The van der Waals surface area contributed by atoms with Crippen LogP contribution in [-0.2, 0) is 5.41 Å². The van der Waals surface area contributed by atoms with E-state index in [0.717, 1.165) is 33.3 Å². The molecule has 8 aromatic carbocycles. The van der Waals surface area contributed by atoms with E-state index in [1.165, 1.54) is 58.8 Å². The van der Waals surface area contributed by atoms with E-state index in [2.05, 4.69) is 206 Å². The van der Waals surface area contributed by atoms with Crippen LogP contribution in [0.25, 0.3) is 75.1 Å². The van der Waals surface area contributed by atoms with Crippen molar-refractivity contribution >= 4 is 75.6 Å². The highest BCUT2D eigenvalue weighted by Gasteiger charge is 2.40. The van der Waals surface area contributed by atoms with Gasteiger partial charge in [-0.05, 0) is 82.4 Å². The summed E-state index contributed by atoms with van der Waals surface area (Å²) in [5, 5.41) is 7.36. The second kappa shape index (κ2) is 13.0. The molecule has 56 heavy (non-hydrogen) atoms. The van der Waals surface area contributed by atoms with E-state index in [9.17, 15) is 0 Å². The number of hydrogen-bond donors (Lipinski definition) is 0. The van der Waals surface area contributed by atoms with E-state index < -0.39 is 5.41 Å². The summed E-state index contributed by atoms with van der Waals surface area (Å²) < 4.78 is 9.01. The van der Waals surface area contributed by atoms with Crippen molar-refractivity contribution in [2.75, 3.05) is 4.90 Å². The molecule has 0 radical (unpaired) electrons. The first-order chi connectivity index (χ1) is 27.7. The number of rotatable bonds is 6. The Hall–Kier alpha value is -6.68. The van der Waals surface area contributed by atoms with Crippen LogP contribution in [-0.4, -0.2) is 6.04 Å². The van der Waals surface area contributed by atoms with E-state index in [0.29, 0.717) is 0 Å². The van der Waals surface area contributed by atoms with Gasteiger partial charge in [-0.1, -0.05) is 158 Å². The van der Waals surface area contributed by atoms with Gasteiger partial charge in [0.1, 0.15) is 11.2 Å². The summed E-state index contributed by atoms with van der Waals surface area (Å²) in [5.41, 5.74) is 9.79. The topological polar surface area (TPSA) is 16.4 Å². The van der Waals surface area contributed by atoms with Gasteiger partial charge in [0.25, 0.3) is 0 Å². The third kappa shape index (κ3) is 5.08. The van der Waals surface area contributed by atoms with E-state index >= 15 is 0 Å². The molecule has 0 amide bonds. The molecule has 2 unspecified atom stereocenters. The van der Waals surface area contributed by atoms with Gasteiger partial charge in [0.05, 0.1) is 6.04 Å². The summed E-state index contributed by atoms with van der Waals surface area (Å²) >= 11 is 1.88. The third-order valence-electron chi connectivity index (χ3n) is 11.8. The molecule has 2 nitrogen and oxygen atoms in total. The Bertz CT molecular complexity index is 3180. The zero-order valence-corrected chi connectivity index (χ0v) is 31.7. The number of benzene rings is 8. The molecule has 0 aliphatic heterocycles. The van der Waals surface area contributed by atoms with Gasteiger partial charge >= 0.3 is 0 Å². The van der Waals surface area contributed by atoms with Crippen molar-refractivity contribution in [2.45, 2.75) is 18.4 Å². The molecule has 3 heteroatoms. The zero-order chi connectivity index (χ0) is 37.2. The summed E-state index contributed by atoms with van der Waals surface area (Å²) in [5.74, 6) is 0. The molecule has 0 N–H and O–H groups in total. The van der Waals surface area contributed by atoms with Crippen LogP contribution in [0.1, 0.15) is 12.5 Å². The van der Waals surface area contributed by atoms with Crippen molar-refractivity contribution in [1.29, 1.82) is 0 Å². The lowest BCUT2D eigenvalue weighted by Crippen LogP contribution is -2.46. The van der Waals surface area contributed by atoms with Crippen LogP contribution in [0.2, 0.25) is 0 Å². The highest BCUT2D eigenvalue weighted by molar-refractivity contribution is 7.25. The van der Waals surface area contributed by atoms with Crippen LogP contribution in [0.4, 0.5) is 11.4 Å². The predicted molar refractivity (Wildman–Crippen MR) is 239 cm³/mol. The number of para-hydroxylation sites is 2. The van der Waals surface area contributed by atoms with Gasteiger partial charge in [-0.15, -0.1) is 11.3 Å². The smallest absolute Gasteiger partial charge is 0.135 e. The molecular formula is C53H37NOS. The fraction of sp³-hybridized carbons (Fsp3) is 0.0566. The Morgan fingerprint density at radius 3 is 2.12 bits per heavy atom. The maximum absolute atomic E-state index is 6.38. The lowest BCUT2D eigenvalue weighted by atomic mass is 9.71. The molecule has 1 aliphatic carbocycles. The zero-order valence-electron chi connectivity index (χ0n) is 30.9. The van der Waals surface area contributed by atoms with E-state index in [1.54, 1.807) is 0 Å². The quantitative estimate of drug-likeness (QED) is 0.169. The number of nitrogens with zero attached hydrogens (tertiary/aromatic N) is 1. The average Bonchev–Trinajstić information content (AvgIpc) is 3.83. The number of hydrogen-bond acceptors (Lipinski definition) is 3. The molecule has 0 saturated heterocycles. The summed E-state index contributed by atoms with van der Waals surface area (Å²) in [4.78, 5) is 2.59. The summed E-state index contributed by atoms with van der Waals surface area (Å²) in [6.45, 7) is 2.42. The van der Waals surface area contributed by atoms with Gasteiger partial charge in [0.2, 0.25) is 0 Å². The number of thiophene rings is 1. The van der Waals surface area contributed by atoms with E-state index in [4.69, 9.17) is 4.42 Å². The normalized spacial score (nSPS) is 16.8. The van der Waals surface area contributed by atoms with Crippen molar-refractivity contribution in [3.8, 4) is 22.3 Å². The fourth-order valence-corrected chi connectivity index (χ4v) is 10.3. The second-order valence-electron chi connectivity index (χ2n) is 15.0. The maximum Gasteiger partial charge on any atom is 0.135 e. The minimum Gasteiger partial charge on any atom is -0.456 e. The summed E-state index contributed by atoms with van der Waals surface area (Å²) in [6.07, 6.45) is 9.29.